The fourth-order valence-electron chi connectivity index (χ4n) is 2.05. The average molecular weight is 380 g/mol. The molecule has 1 aromatic heterocycles. The van der Waals surface area contributed by atoms with Crippen LogP contribution in [0.4, 0.5) is 5.69 Å². The van der Waals surface area contributed by atoms with Crippen LogP contribution in [0.25, 0.3) is 0 Å². The fourth-order valence-corrected chi connectivity index (χ4v) is 3.20. The predicted molar refractivity (Wildman–Crippen MR) is 94.1 cm³/mol. The van der Waals surface area contributed by atoms with E-state index in [1.165, 1.54) is 50.1 Å². The van der Waals surface area contributed by atoms with Crippen LogP contribution in [-0.4, -0.2) is 53.1 Å². The van der Waals surface area contributed by atoms with Gasteiger partial charge in [-0.25, -0.2) is 13.2 Å². The maximum absolute atomic E-state index is 12.4. The molecule has 9 nitrogen and oxygen atoms in total. The van der Waals surface area contributed by atoms with Crippen molar-refractivity contribution in [2.45, 2.75) is 24.3 Å². The molecule has 0 aliphatic rings. The van der Waals surface area contributed by atoms with Crippen molar-refractivity contribution in [3.63, 3.8) is 0 Å². The molecule has 0 unspecified atom stereocenters. The van der Waals surface area contributed by atoms with Gasteiger partial charge in [0.05, 0.1) is 23.3 Å². The second-order valence-electron chi connectivity index (χ2n) is 6.16. The molecule has 0 aliphatic carbocycles. The van der Waals surface area contributed by atoms with E-state index in [2.05, 4.69) is 10.4 Å². The summed E-state index contributed by atoms with van der Waals surface area (Å²) in [4.78, 5) is 23.4. The lowest BCUT2D eigenvalue weighted by molar-refractivity contribution is -0.146. The van der Waals surface area contributed by atoms with Crippen molar-refractivity contribution in [3.05, 3.63) is 42.7 Å². The van der Waals surface area contributed by atoms with Crippen molar-refractivity contribution in [2.24, 2.45) is 0 Å². The van der Waals surface area contributed by atoms with E-state index < -0.39 is 34.0 Å². The van der Waals surface area contributed by atoms with Gasteiger partial charge in [-0.3, -0.25) is 9.48 Å². The highest BCUT2D eigenvalue weighted by molar-refractivity contribution is 7.89. The van der Waals surface area contributed by atoms with Gasteiger partial charge >= 0.3 is 5.97 Å². The zero-order valence-electron chi connectivity index (χ0n) is 14.6. The Balaban J connectivity index is 2.05. The first-order chi connectivity index (χ1) is 12.0. The van der Waals surface area contributed by atoms with Gasteiger partial charge in [-0.2, -0.15) is 9.40 Å². The number of aromatic nitrogens is 2. The van der Waals surface area contributed by atoms with Gasteiger partial charge in [0.15, 0.2) is 5.54 Å². The number of sulfonamides is 1. The second-order valence-corrected chi connectivity index (χ2v) is 8.20. The Morgan fingerprint density at radius 1 is 1.27 bits per heavy atom. The zero-order valence-corrected chi connectivity index (χ0v) is 15.4. The fraction of sp³-hybridized carbons (Fsp3) is 0.312. The normalized spacial score (nSPS) is 12.2. The molecule has 0 bridgehead atoms. The van der Waals surface area contributed by atoms with Gasteiger partial charge in [-0.1, -0.05) is 18.2 Å². The smallest absolute Gasteiger partial charge is 0.331 e. The first-order valence-electron chi connectivity index (χ1n) is 7.65. The summed E-state index contributed by atoms with van der Waals surface area (Å²) in [6, 6.07) is 7.78. The summed E-state index contributed by atoms with van der Waals surface area (Å²) in [5.74, 6) is -1.65. The van der Waals surface area contributed by atoms with E-state index in [9.17, 15) is 23.1 Å². The monoisotopic (exact) mass is 380 g/mol. The minimum Gasteiger partial charge on any atom is -0.479 e. The maximum Gasteiger partial charge on any atom is 0.331 e. The number of nitrogens with zero attached hydrogens (tertiary/aromatic N) is 3. The molecule has 10 heteroatoms. The first kappa shape index (κ1) is 19.6. The van der Waals surface area contributed by atoms with Crippen LogP contribution in [0.5, 0.6) is 0 Å². The number of nitrogens with one attached hydrogen (secondary N) is 1. The number of carbonyl (C=O) groups is 2. The van der Waals surface area contributed by atoms with E-state index in [0.717, 1.165) is 4.31 Å². The van der Waals surface area contributed by atoms with Gasteiger partial charge in [0.25, 0.3) is 0 Å². The SMILES string of the molecule is CN(CC(=O)Nc1cnn(C(C)(C)C(=O)O)c1)S(=O)(=O)c1ccccc1. The Morgan fingerprint density at radius 3 is 2.46 bits per heavy atom. The predicted octanol–water partition coefficient (Wildman–Crippen LogP) is 0.962. The number of benzene rings is 1. The molecule has 1 aromatic carbocycles. The molecule has 0 spiro atoms. The Kier molecular flexibility index (Phi) is 5.47. The Hall–Kier alpha value is -2.72. The zero-order chi connectivity index (χ0) is 19.5. The molecule has 1 heterocycles. The Labute approximate surface area is 151 Å². The number of carboxylic acid groups (broad SMARTS) is 1. The van der Waals surface area contributed by atoms with E-state index in [1.54, 1.807) is 18.2 Å². The molecular weight excluding hydrogens is 360 g/mol. The van der Waals surface area contributed by atoms with E-state index in [-0.39, 0.29) is 10.6 Å². The molecule has 2 N–H and O–H groups in total. The highest BCUT2D eigenvalue weighted by atomic mass is 32.2. The summed E-state index contributed by atoms with van der Waals surface area (Å²) in [5, 5.41) is 15.6. The van der Waals surface area contributed by atoms with Gasteiger partial charge in [-0.15, -0.1) is 0 Å². The molecule has 2 rings (SSSR count). The van der Waals surface area contributed by atoms with Crippen molar-refractivity contribution < 1.29 is 23.1 Å². The summed E-state index contributed by atoms with van der Waals surface area (Å²) in [6.45, 7) is 2.53. The van der Waals surface area contributed by atoms with Crippen molar-refractivity contribution in [1.29, 1.82) is 0 Å². The molecule has 0 atom stereocenters. The number of likely N-dealkylation sites (N-methyl/N-ethyl adjacent to an activating group) is 1. The van der Waals surface area contributed by atoms with Gasteiger partial charge < -0.3 is 10.4 Å². The maximum atomic E-state index is 12.4. The molecule has 2 aromatic rings. The summed E-state index contributed by atoms with van der Waals surface area (Å²) in [6.07, 6.45) is 2.67. The number of aliphatic carboxylic acids is 1. The van der Waals surface area contributed by atoms with Crippen molar-refractivity contribution in [1.82, 2.24) is 14.1 Å². The second kappa shape index (κ2) is 7.26. The molecule has 140 valence electrons. The highest BCUT2D eigenvalue weighted by Crippen LogP contribution is 2.18. The van der Waals surface area contributed by atoms with Gasteiger partial charge in [-0.05, 0) is 26.0 Å². The van der Waals surface area contributed by atoms with Crippen LogP contribution in [0.3, 0.4) is 0 Å². The number of hydrogen-bond acceptors (Lipinski definition) is 5. The largest absolute Gasteiger partial charge is 0.479 e. The van der Waals surface area contributed by atoms with Crippen molar-refractivity contribution in [3.8, 4) is 0 Å². The quantitative estimate of drug-likeness (QED) is 0.738. The minimum atomic E-state index is -3.78. The first-order valence-corrected chi connectivity index (χ1v) is 9.09. The molecule has 0 saturated carbocycles. The Morgan fingerprint density at radius 2 is 1.88 bits per heavy atom. The van der Waals surface area contributed by atoms with Gasteiger partial charge in [0.2, 0.25) is 15.9 Å². The van der Waals surface area contributed by atoms with Gasteiger partial charge in [0.1, 0.15) is 0 Å². The molecular formula is C16H20N4O5S. The number of rotatable bonds is 7. The van der Waals surface area contributed by atoms with Crippen LogP contribution in [0.15, 0.2) is 47.6 Å². The van der Waals surface area contributed by atoms with Crippen LogP contribution in [0, 0.1) is 0 Å². The number of hydrogen-bond donors (Lipinski definition) is 2. The molecule has 0 fully saturated rings. The summed E-state index contributed by atoms with van der Waals surface area (Å²) in [7, 11) is -2.48. The van der Waals surface area contributed by atoms with Gasteiger partial charge in [0, 0.05) is 13.2 Å². The van der Waals surface area contributed by atoms with Crippen LogP contribution < -0.4 is 5.32 Å². The number of anilines is 1. The lowest BCUT2D eigenvalue weighted by Crippen LogP contribution is -2.36. The molecule has 0 saturated heterocycles. The third-order valence-electron chi connectivity index (χ3n) is 3.78. The topological polar surface area (TPSA) is 122 Å². The van der Waals surface area contributed by atoms with Crippen molar-refractivity contribution >= 4 is 27.6 Å². The number of amides is 1. The van der Waals surface area contributed by atoms with Crippen LogP contribution >= 0.6 is 0 Å². The lowest BCUT2D eigenvalue weighted by Gasteiger charge is -2.19. The number of carboxylic acids is 1. The molecule has 0 radical (unpaired) electrons. The highest BCUT2D eigenvalue weighted by Gasteiger charge is 2.30. The van der Waals surface area contributed by atoms with E-state index in [1.807, 2.05) is 0 Å². The van der Waals surface area contributed by atoms with Crippen molar-refractivity contribution in [2.75, 3.05) is 18.9 Å². The minimum absolute atomic E-state index is 0.0892. The third-order valence-corrected chi connectivity index (χ3v) is 5.60. The van der Waals surface area contributed by atoms with Crippen LogP contribution in [0.2, 0.25) is 0 Å². The summed E-state index contributed by atoms with van der Waals surface area (Å²) in [5.41, 5.74) is -1.01. The molecule has 1 amide bonds. The standard InChI is InChI=1S/C16H20N4O5S/c1-16(2,15(22)23)20-10-12(9-17-20)18-14(21)11-19(3)26(24,25)13-7-5-4-6-8-13/h4-10H,11H2,1-3H3,(H,18,21)(H,22,23). The Bertz CT molecular complexity index is 906. The average Bonchev–Trinajstić information content (AvgIpc) is 3.04. The lowest BCUT2D eigenvalue weighted by atomic mass is 10.1. The molecule has 0 aliphatic heterocycles. The van der Waals surface area contributed by atoms with Crippen LogP contribution in [-0.2, 0) is 25.2 Å². The van der Waals surface area contributed by atoms with E-state index >= 15 is 0 Å². The summed E-state index contributed by atoms with van der Waals surface area (Å²) < 4.78 is 26.9. The third kappa shape index (κ3) is 4.09. The van der Waals surface area contributed by atoms with E-state index in [4.69, 9.17) is 0 Å². The number of carbonyl (C=O) groups excluding carboxylic acids is 1. The molecule has 26 heavy (non-hydrogen) atoms. The van der Waals surface area contributed by atoms with E-state index in [0.29, 0.717) is 0 Å². The van der Waals surface area contributed by atoms with Crippen LogP contribution in [0.1, 0.15) is 13.8 Å². The summed E-state index contributed by atoms with van der Waals surface area (Å²) >= 11 is 0.